The minimum Gasteiger partial charge on any atom is -0.376 e. The van der Waals surface area contributed by atoms with E-state index in [9.17, 15) is 14.4 Å². The summed E-state index contributed by atoms with van der Waals surface area (Å²) in [4.78, 5) is 42.5. The SMILES string of the molecule is CCCc1[nH]n(-c2ccc(Cl)c(Cl)c2)c(=O)c1C1=C([n+]2ccccc2)C(=O)N(C[C@H]2CCCO2)C1=O. The highest BCUT2D eigenvalue weighted by molar-refractivity contribution is 6.44. The maximum Gasteiger partial charge on any atom is 0.327 e. The fourth-order valence-corrected chi connectivity index (χ4v) is 5.00. The quantitative estimate of drug-likeness (QED) is 0.375. The Morgan fingerprint density at radius 3 is 2.53 bits per heavy atom. The fraction of sp³-hybridized carbons (Fsp3) is 0.308. The van der Waals surface area contributed by atoms with Crippen molar-refractivity contribution < 1.29 is 18.9 Å². The molecule has 10 heteroatoms. The first-order valence-electron chi connectivity index (χ1n) is 11.9. The molecule has 2 aliphatic rings. The molecule has 1 saturated heterocycles. The van der Waals surface area contributed by atoms with Gasteiger partial charge in [-0.3, -0.25) is 24.4 Å². The molecule has 0 spiro atoms. The number of imide groups is 1. The number of aromatic amines is 1. The van der Waals surface area contributed by atoms with Crippen LogP contribution in [0.4, 0.5) is 0 Å². The summed E-state index contributed by atoms with van der Waals surface area (Å²) >= 11 is 12.3. The highest BCUT2D eigenvalue weighted by Crippen LogP contribution is 2.32. The molecule has 0 bridgehead atoms. The van der Waals surface area contributed by atoms with Gasteiger partial charge in [0, 0.05) is 24.4 Å². The molecule has 0 aliphatic carbocycles. The lowest BCUT2D eigenvalue weighted by molar-refractivity contribution is -0.576. The number of carbonyl (C=O) groups excluding carboxylic acids is 2. The number of halogens is 2. The Kier molecular flexibility index (Phi) is 6.83. The molecule has 1 fully saturated rings. The number of aromatic nitrogens is 3. The fourth-order valence-electron chi connectivity index (χ4n) is 4.71. The number of amides is 2. The third kappa shape index (κ3) is 4.30. The minimum atomic E-state index is -0.503. The van der Waals surface area contributed by atoms with Gasteiger partial charge in [0.05, 0.1) is 33.9 Å². The van der Waals surface area contributed by atoms with E-state index in [1.165, 1.54) is 9.58 Å². The number of hydrogen-bond acceptors (Lipinski definition) is 4. The van der Waals surface area contributed by atoms with E-state index < -0.39 is 17.4 Å². The smallest absolute Gasteiger partial charge is 0.327 e. The third-order valence-electron chi connectivity index (χ3n) is 6.40. The maximum atomic E-state index is 13.8. The van der Waals surface area contributed by atoms with Crippen LogP contribution in [-0.4, -0.2) is 45.8 Å². The molecule has 2 aromatic heterocycles. The molecule has 8 nitrogen and oxygen atoms in total. The summed E-state index contributed by atoms with van der Waals surface area (Å²) in [5.74, 6) is -0.956. The predicted octanol–water partition coefficient (Wildman–Crippen LogP) is 3.63. The van der Waals surface area contributed by atoms with Gasteiger partial charge in [-0.05, 0) is 37.5 Å². The first-order valence-corrected chi connectivity index (χ1v) is 12.6. The third-order valence-corrected chi connectivity index (χ3v) is 7.14. The minimum absolute atomic E-state index is 0.0812. The number of rotatable bonds is 7. The second-order valence-corrected chi connectivity index (χ2v) is 9.63. The molecule has 1 aromatic carbocycles. The lowest BCUT2D eigenvalue weighted by atomic mass is 10.0. The molecule has 0 saturated carbocycles. The van der Waals surface area contributed by atoms with Gasteiger partial charge in [0.1, 0.15) is 5.57 Å². The van der Waals surface area contributed by atoms with Crippen LogP contribution in [-0.2, 0) is 20.7 Å². The standard InChI is InChI=1S/C26H24Cl2N4O4/c1-2-7-20-21(25(34)32(29-20)16-9-10-18(27)19(28)14-16)22-23(30-11-4-3-5-12-30)26(35)31(24(22)33)15-17-8-6-13-36-17/h3-5,9-12,14,17H,2,6-8,13,15H2,1H3/p+1/t17-/m1/s1. The Labute approximate surface area is 217 Å². The first kappa shape index (κ1) is 24.5. The van der Waals surface area contributed by atoms with Crippen LogP contribution >= 0.6 is 23.2 Å². The number of aryl methyl sites for hydroxylation is 1. The van der Waals surface area contributed by atoms with Crippen molar-refractivity contribution >= 4 is 46.3 Å². The number of ether oxygens (including phenoxy) is 1. The molecule has 36 heavy (non-hydrogen) atoms. The highest BCUT2D eigenvalue weighted by atomic mass is 35.5. The molecule has 3 aromatic rings. The first-order chi connectivity index (χ1) is 17.4. The number of carbonyl (C=O) groups is 2. The summed E-state index contributed by atoms with van der Waals surface area (Å²) < 4.78 is 8.63. The maximum absolute atomic E-state index is 13.8. The number of nitrogens with one attached hydrogen (secondary N) is 1. The van der Waals surface area contributed by atoms with Gasteiger partial charge in [0.2, 0.25) is 0 Å². The summed E-state index contributed by atoms with van der Waals surface area (Å²) in [6.45, 7) is 2.73. The van der Waals surface area contributed by atoms with Gasteiger partial charge in [-0.2, -0.15) is 4.57 Å². The van der Waals surface area contributed by atoms with E-state index in [4.69, 9.17) is 27.9 Å². The molecule has 1 N–H and O–H groups in total. The normalized spacial score (nSPS) is 18.1. The van der Waals surface area contributed by atoms with Crippen LogP contribution in [0.1, 0.15) is 37.4 Å². The van der Waals surface area contributed by atoms with Gasteiger partial charge >= 0.3 is 5.91 Å². The van der Waals surface area contributed by atoms with Gasteiger partial charge in [0.25, 0.3) is 17.2 Å². The molecule has 0 unspecified atom stereocenters. The Morgan fingerprint density at radius 1 is 1.08 bits per heavy atom. The number of benzene rings is 1. The second kappa shape index (κ2) is 10.0. The molecule has 186 valence electrons. The molecule has 5 rings (SSSR count). The Hall–Kier alpha value is -3.20. The molecule has 2 aliphatic heterocycles. The van der Waals surface area contributed by atoms with Crippen molar-refractivity contribution in [3.8, 4) is 5.69 Å². The van der Waals surface area contributed by atoms with Crippen LogP contribution in [0.3, 0.4) is 0 Å². The number of nitrogens with zero attached hydrogens (tertiary/aromatic N) is 3. The van der Waals surface area contributed by atoms with E-state index in [0.717, 1.165) is 19.3 Å². The zero-order valence-electron chi connectivity index (χ0n) is 19.7. The number of pyridine rings is 1. The van der Waals surface area contributed by atoms with E-state index in [-0.39, 0.29) is 29.5 Å². The van der Waals surface area contributed by atoms with Crippen LogP contribution in [0, 0.1) is 0 Å². The van der Waals surface area contributed by atoms with Crippen LogP contribution in [0.25, 0.3) is 17.0 Å². The Bertz CT molecular complexity index is 1420. The topological polar surface area (TPSA) is 88.3 Å². The average molecular weight is 528 g/mol. The second-order valence-electron chi connectivity index (χ2n) is 8.82. The van der Waals surface area contributed by atoms with E-state index in [1.807, 2.05) is 13.0 Å². The van der Waals surface area contributed by atoms with Crippen LogP contribution in [0.15, 0.2) is 53.6 Å². The van der Waals surface area contributed by atoms with E-state index >= 15 is 0 Å². The molecular formula is C26H25Cl2N4O4+. The molecule has 1 atom stereocenters. The van der Waals surface area contributed by atoms with Crippen molar-refractivity contribution in [3.63, 3.8) is 0 Å². The molecule has 2 amide bonds. The predicted molar refractivity (Wildman–Crippen MR) is 136 cm³/mol. The summed E-state index contributed by atoms with van der Waals surface area (Å²) in [5.41, 5.74) is 1.01. The Morgan fingerprint density at radius 2 is 1.86 bits per heavy atom. The molecular weight excluding hydrogens is 503 g/mol. The van der Waals surface area contributed by atoms with Gasteiger partial charge in [-0.15, -0.1) is 0 Å². The monoisotopic (exact) mass is 527 g/mol. The van der Waals surface area contributed by atoms with Gasteiger partial charge in [-0.25, -0.2) is 4.68 Å². The lowest BCUT2D eigenvalue weighted by Crippen LogP contribution is -2.42. The average Bonchev–Trinajstić information content (AvgIpc) is 3.56. The van der Waals surface area contributed by atoms with Crippen molar-refractivity contribution in [1.82, 2.24) is 14.7 Å². The lowest BCUT2D eigenvalue weighted by Gasteiger charge is -2.18. The Balaban J connectivity index is 1.70. The number of H-pyrrole nitrogens is 1. The molecule has 4 heterocycles. The van der Waals surface area contributed by atoms with Crippen LogP contribution < -0.4 is 10.1 Å². The van der Waals surface area contributed by atoms with Gasteiger partial charge in [0.15, 0.2) is 12.4 Å². The largest absolute Gasteiger partial charge is 0.376 e. The summed E-state index contributed by atoms with van der Waals surface area (Å²) in [5, 5.41) is 3.80. The zero-order valence-corrected chi connectivity index (χ0v) is 21.2. The highest BCUT2D eigenvalue weighted by Gasteiger charge is 2.48. The summed E-state index contributed by atoms with van der Waals surface area (Å²) in [7, 11) is 0. The zero-order chi connectivity index (χ0) is 25.4. The van der Waals surface area contributed by atoms with Crippen LogP contribution in [0.2, 0.25) is 10.0 Å². The van der Waals surface area contributed by atoms with Gasteiger partial charge < -0.3 is 4.74 Å². The van der Waals surface area contributed by atoms with E-state index in [1.54, 1.807) is 47.3 Å². The van der Waals surface area contributed by atoms with E-state index in [2.05, 4.69) is 5.10 Å². The van der Waals surface area contributed by atoms with Crippen molar-refractivity contribution in [2.24, 2.45) is 0 Å². The molecule has 0 radical (unpaired) electrons. The van der Waals surface area contributed by atoms with Crippen molar-refractivity contribution in [3.05, 3.63) is 80.4 Å². The summed E-state index contributed by atoms with van der Waals surface area (Å²) in [6, 6.07) is 10.2. The van der Waals surface area contributed by atoms with Crippen molar-refractivity contribution in [2.75, 3.05) is 13.2 Å². The van der Waals surface area contributed by atoms with Crippen molar-refractivity contribution in [2.45, 2.75) is 38.7 Å². The number of hydrogen-bond donors (Lipinski definition) is 1. The van der Waals surface area contributed by atoms with Crippen molar-refractivity contribution in [1.29, 1.82) is 0 Å². The van der Waals surface area contributed by atoms with Crippen LogP contribution in [0.5, 0.6) is 0 Å². The van der Waals surface area contributed by atoms with E-state index in [0.29, 0.717) is 34.5 Å². The van der Waals surface area contributed by atoms with Gasteiger partial charge in [-0.1, -0.05) is 42.6 Å². The summed E-state index contributed by atoms with van der Waals surface area (Å²) in [6.07, 6.45) is 6.05.